The fourth-order valence-electron chi connectivity index (χ4n) is 3.98. The highest BCUT2D eigenvalue weighted by molar-refractivity contribution is 7.09. The lowest BCUT2D eigenvalue weighted by Gasteiger charge is -2.29. The van der Waals surface area contributed by atoms with Gasteiger partial charge in [-0.25, -0.2) is 9.67 Å². The molecular weight excluding hydrogens is 382 g/mol. The molecule has 148 valence electrons. The van der Waals surface area contributed by atoms with E-state index in [2.05, 4.69) is 78.7 Å². The SMILES string of the molecule is C1=CCC(C(Nc2ccc3[nH]cnc3c2)c2nnnn2CCc2cccs2)CC1. The third-order valence-corrected chi connectivity index (χ3v) is 6.45. The minimum atomic E-state index is 0.0506. The van der Waals surface area contributed by atoms with E-state index in [1.165, 1.54) is 4.88 Å². The van der Waals surface area contributed by atoms with E-state index in [0.717, 1.165) is 54.8 Å². The fraction of sp³-hybridized carbons (Fsp3) is 0.333. The average Bonchev–Trinajstić information content (AvgIpc) is 3.52. The molecule has 0 spiro atoms. The van der Waals surface area contributed by atoms with Gasteiger partial charge in [0.2, 0.25) is 0 Å². The Morgan fingerprint density at radius 3 is 3.14 bits per heavy atom. The second-order valence-corrected chi connectivity index (χ2v) is 8.42. The molecule has 0 saturated heterocycles. The van der Waals surface area contributed by atoms with Crippen LogP contribution in [0.2, 0.25) is 0 Å². The molecule has 1 aliphatic carbocycles. The average molecular weight is 406 g/mol. The summed E-state index contributed by atoms with van der Waals surface area (Å²) < 4.78 is 1.96. The second-order valence-electron chi connectivity index (χ2n) is 7.39. The molecule has 2 unspecified atom stereocenters. The molecule has 8 heteroatoms. The Kier molecular flexibility index (Phi) is 5.08. The number of aromatic nitrogens is 6. The van der Waals surface area contributed by atoms with Crippen LogP contribution in [0.15, 0.2) is 54.2 Å². The lowest BCUT2D eigenvalue weighted by Crippen LogP contribution is -2.26. The predicted molar refractivity (Wildman–Crippen MR) is 115 cm³/mol. The van der Waals surface area contributed by atoms with Crippen LogP contribution in [-0.2, 0) is 13.0 Å². The van der Waals surface area contributed by atoms with Crippen molar-refractivity contribution in [3.05, 3.63) is 64.9 Å². The Morgan fingerprint density at radius 1 is 1.28 bits per heavy atom. The Balaban J connectivity index is 1.42. The zero-order chi connectivity index (χ0) is 19.5. The number of anilines is 1. The number of H-pyrrole nitrogens is 1. The van der Waals surface area contributed by atoms with Crippen molar-refractivity contribution in [3.8, 4) is 0 Å². The first-order valence-corrected chi connectivity index (χ1v) is 10.9. The van der Waals surface area contributed by atoms with Crippen LogP contribution in [0.1, 0.15) is 36.0 Å². The number of imidazole rings is 1. The molecule has 0 fully saturated rings. The molecule has 7 nitrogen and oxygen atoms in total. The Hall–Kier alpha value is -3.00. The van der Waals surface area contributed by atoms with Crippen LogP contribution >= 0.6 is 11.3 Å². The summed E-state index contributed by atoms with van der Waals surface area (Å²) in [4.78, 5) is 8.88. The molecule has 4 aromatic rings. The van der Waals surface area contributed by atoms with Crippen LogP contribution in [0.25, 0.3) is 11.0 Å². The largest absolute Gasteiger partial charge is 0.375 e. The highest BCUT2D eigenvalue weighted by Crippen LogP contribution is 2.34. The van der Waals surface area contributed by atoms with Crippen LogP contribution < -0.4 is 5.32 Å². The predicted octanol–water partition coefficient (Wildman–Crippen LogP) is 4.36. The van der Waals surface area contributed by atoms with E-state index in [1.807, 2.05) is 4.68 Å². The van der Waals surface area contributed by atoms with Crippen LogP contribution in [0.3, 0.4) is 0 Å². The molecule has 29 heavy (non-hydrogen) atoms. The number of fused-ring (bicyclic) bond motifs is 1. The number of aromatic amines is 1. The van der Waals surface area contributed by atoms with Crippen molar-refractivity contribution in [2.24, 2.45) is 5.92 Å². The molecule has 1 aromatic carbocycles. The van der Waals surface area contributed by atoms with Gasteiger partial charge in [0.05, 0.1) is 23.4 Å². The van der Waals surface area contributed by atoms with Gasteiger partial charge in [0.15, 0.2) is 5.82 Å². The summed E-state index contributed by atoms with van der Waals surface area (Å²) in [7, 11) is 0. The summed E-state index contributed by atoms with van der Waals surface area (Å²) in [6, 6.07) is 10.5. The minimum Gasteiger partial charge on any atom is -0.375 e. The topological polar surface area (TPSA) is 84.3 Å². The molecule has 0 bridgehead atoms. The maximum absolute atomic E-state index is 4.44. The van der Waals surface area contributed by atoms with Crippen LogP contribution in [0.4, 0.5) is 5.69 Å². The van der Waals surface area contributed by atoms with Crippen molar-refractivity contribution >= 4 is 28.1 Å². The molecule has 3 aromatic heterocycles. The van der Waals surface area contributed by atoms with E-state index in [-0.39, 0.29) is 6.04 Å². The van der Waals surface area contributed by atoms with E-state index in [4.69, 9.17) is 0 Å². The highest BCUT2D eigenvalue weighted by atomic mass is 32.1. The molecular formula is C21H23N7S. The van der Waals surface area contributed by atoms with Gasteiger partial charge in [0.25, 0.3) is 0 Å². The summed E-state index contributed by atoms with van der Waals surface area (Å²) in [5.74, 6) is 1.35. The molecule has 3 heterocycles. The number of hydrogen-bond donors (Lipinski definition) is 2. The normalized spacial score (nSPS) is 17.6. The van der Waals surface area contributed by atoms with Crippen molar-refractivity contribution in [2.45, 2.75) is 38.3 Å². The van der Waals surface area contributed by atoms with Gasteiger partial charge in [-0.3, -0.25) is 0 Å². The number of aryl methyl sites for hydroxylation is 2. The summed E-state index contributed by atoms with van der Waals surface area (Å²) >= 11 is 1.78. The first-order valence-electron chi connectivity index (χ1n) is 10.00. The maximum Gasteiger partial charge on any atom is 0.173 e. The quantitative estimate of drug-likeness (QED) is 0.446. The van der Waals surface area contributed by atoms with Crippen molar-refractivity contribution in [1.82, 2.24) is 30.2 Å². The lowest BCUT2D eigenvalue weighted by atomic mass is 9.87. The van der Waals surface area contributed by atoms with Gasteiger partial charge in [-0.2, -0.15) is 0 Å². The third kappa shape index (κ3) is 3.93. The molecule has 0 saturated carbocycles. The Morgan fingerprint density at radius 2 is 2.28 bits per heavy atom. The van der Waals surface area contributed by atoms with Crippen molar-refractivity contribution in [2.75, 3.05) is 5.32 Å². The summed E-state index contributed by atoms with van der Waals surface area (Å²) in [5, 5.41) is 18.6. The number of thiophene rings is 1. The number of benzene rings is 1. The Bertz CT molecular complexity index is 1100. The summed E-state index contributed by atoms with van der Waals surface area (Å²) in [5.41, 5.74) is 3.03. The molecule has 0 radical (unpaired) electrons. The van der Waals surface area contributed by atoms with Crippen LogP contribution in [0.5, 0.6) is 0 Å². The number of nitrogens with zero attached hydrogens (tertiary/aromatic N) is 5. The number of tetrazole rings is 1. The van der Waals surface area contributed by atoms with Crippen molar-refractivity contribution in [1.29, 1.82) is 0 Å². The van der Waals surface area contributed by atoms with Gasteiger partial charge in [-0.05, 0) is 65.3 Å². The van der Waals surface area contributed by atoms with Crippen molar-refractivity contribution in [3.63, 3.8) is 0 Å². The molecule has 0 amide bonds. The molecule has 5 rings (SSSR count). The van der Waals surface area contributed by atoms with E-state index < -0.39 is 0 Å². The zero-order valence-electron chi connectivity index (χ0n) is 16.0. The van der Waals surface area contributed by atoms with Gasteiger partial charge < -0.3 is 10.3 Å². The smallest absolute Gasteiger partial charge is 0.173 e. The van der Waals surface area contributed by atoms with Gasteiger partial charge in [0, 0.05) is 23.5 Å². The van der Waals surface area contributed by atoms with Crippen LogP contribution in [-0.4, -0.2) is 30.2 Å². The van der Waals surface area contributed by atoms with Gasteiger partial charge in [-0.15, -0.1) is 16.4 Å². The fourth-order valence-corrected chi connectivity index (χ4v) is 4.68. The number of hydrogen-bond acceptors (Lipinski definition) is 6. The standard InChI is InChI=1S/C21H23N7S/c1-2-5-15(6-3-1)20(24-16-8-9-18-19(13-16)23-14-22-18)21-25-26-27-28(21)11-10-17-7-4-12-29-17/h1-2,4,7-9,12-15,20,24H,3,5-6,10-11H2,(H,22,23). The highest BCUT2D eigenvalue weighted by Gasteiger charge is 2.28. The molecule has 0 aliphatic heterocycles. The van der Waals surface area contributed by atoms with E-state index >= 15 is 0 Å². The molecule has 2 atom stereocenters. The maximum atomic E-state index is 4.44. The molecule has 2 N–H and O–H groups in total. The number of nitrogens with one attached hydrogen (secondary N) is 2. The van der Waals surface area contributed by atoms with E-state index in [1.54, 1.807) is 17.7 Å². The van der Waals surface area contributed by atoms with E-state index in [9.17, 15) is 0 Å². The van der Waals surface area contributed by atoms with Gasteiger partial charge in [-0.1, -0.05) is 18.2 Å². The first-order chi connectivity index (χ1) is 14.4. The van der Waals surface area contributed by atoms with Gasteiger partial charge >= 0.3 is 0 Å². The van der Waals surface area contributed by atoms with E-state index in [0.29, 0.717) is 5.92 Å². The van der Waals surface area contributed by atoms with Gasteiger partial charge in [0.1, 0.15) is 0 Å². The zero-order valence-corrected chi connectivity index (χ0v) is 16.8. The van der Waals surface area contributed by atoms with Crippen molar-refractivity contribution < 1.29 is 0 Å². The first kappa shape index (κ1) is 18.1. The minimum absolute atomic E-state index is 0.0506. The monoisotopic (exact) mass is 405 g/mol. The number of allylic oxidation sites excluding steroid dienone is 2. The Labute approximate surface area is 172 Å². The number of rotatable bonds is 7. The molecule has 1 aliphatic rings. The summed E-state index contributed by atoms with van der Waals surface area (Å²) in [6.07, 6.45) is 10.5. The van der Waals surface area contributed by atoms with Crippen LogP contribution in [0, 0.1) is 5.92 Å². The third-order valence-electron chi connectivity index (χ3n) is 5.51. The second kappa shape index (κ2) is 8.16. The summed E-state index contributed by atoms with van der Waals surface area (Å²) in [6.45, 7) is 0.780. The lowest BCUT2D eigenvalue weighted by molar-refractivity contribution is 0.388.